The summed E-state index contributed by atoms with van der Waals surface area (Å²) < 4.78 is 0. The molecule has 3 aromatic rings. The number of benzene rings is 2. The molecule has 0 aliphatic heterocycles. The number of aromatic nitrogens is 1. The topological polar surface area (TPSA) is 62.2 Å². The highest BCUT2D eigenvalue weighted by Gasteiger charge is 2.18. The van der Waals surface area contributed by atoms with E-state index in [0.29, 0.717) is 18.0 Å². The maximum Gasteiger partial charge on any atom is 0.270 e. The van der Waals surface area contributed by atoms with Gasteiger partial charge in [-0.25, -0.2) is 4.98 Å². The summed E-state index contributed by atoms with van der Waals surface area (Å²) >= 11 is 0. The molecule has 0 fully saturated rings. The Bertz CT molecular complexity index is 1080. The lowest BCUT2D eigenvalue weighted by molar-refractivity contribution is 0.0691. The van der Waals surface area contributed by atoms with Gasteiger partial charge in [-0.15, -0.1) is 0 Å². The van der Waals surface area contributed by atoms with Gasteiger partial charge in [0.2, 0.25) is 0 Å². The Morgan fingerprint density at radius 2 is 1.56 bits per heavy atom. The molecule has 0 bridgehead atoms. The van der Waals surface area contributed by atoms with Gasteiger partial charge in [0.25, 0.3) is 5.91 Å². The molecule has 3 rings (SSSR count). The molecule has 4 heteroatoms. The van der Waals surface area contributed by atoms with E-state index in [1.54, 1.807) is 13.8 Å². The molecule has 0 saturated heterocycles. The van der Waals surface area contributed by atoms with Crippen LogP contribution in [0.25, 0.3) is 11.1 Å². The minimum Gasteiger partial charge on any atom is -0.389 e. The maximum absolute atomic E-state index is 12.7. The molecule has 0 aliphatic rings. The van der Waals surface area contributed by atoms with Crippen LogP contribution in [0, 0.1) is 13.8 Å². The normalized spacial score (nSPS) is 11.6. The molecule has 1 amide bonds. The van der Waals surface area contributed by atoms with E-state index in [-0.39, 0.29) is 12.5 Å². The first-order valence-electron chi connectivity index (χ1n) is 11.2. The first kappa shape index (κ1) is 23.7. The van der Waals surface area contributed by atoms with Crippen LogP contribution in [0.1, 0.15) is 72.0 Å². The van der Waals surface area contributed by atoms with Gasteiger partial charge in [-0.1, -0.05) is 62.4 Å². The van der Waals surface area contributed by atoms with Crippen molar-refractivity contribution >= 4 is 5.91 Å². The number of rotatable bonds is 7. The largest absolute Gasteiger partial charge is 0.389 e. The minimum atomic E-state index is -0.965. The Morgan fingerprint density at radius 1 is 1.00 bits per heavy atom. The highest BCUT2D eigenvalue weighted by atomic mass is 16.3. The fourth-order valence-electron chi connectivity index (χ4n) is 3.58. The Balaban J connectivity index is 1.77. The summed E-state index contributed by atoms with van der Waals surface area (Å²) in [6.45, 7) is 11.8. The number of aryl methyl sites for hydroxylation is 1. The summed E-state index contributed by atoms with van der Waals surface area (Å²) in [6, 6.07) is 19.3. The van der Waals surface area contributed by atoms with Gasteiger partial charge in [-0.05, 0) is 73.1 Å². The van der Waals surface area contributed by atoms with Crippen molar-refractivity contribution in [3.05, 3.63) is 88.2 Å². The van der Waals surface area contributed by atoms with Crippen LogP contribution in [-0.2, 0) is 6.42 Å². The fourth-order valence-corrected chi connectivity index (χ4v) is 3.58. The number of hydrogen-bond donors (Lipinski definition) is 2. The van der Waals surface area contributed by atoms with E-state index in [0.717, 1.165) is 22.4 Å². The molecule has 1 heterocycles. The Hall–Kier alpha value is -2.98. The Labute approximate surface area is 191 Å². The van der Waals surface area contributed by atoms with Gasteiger partial charge in [0, 0.05) is 18.7 Å². The molecule has 168 valence electrons. The summed E-state index contributed by atoms with van der Waals surface area (Å²) in [5.74, 6) is 0.272. The van der Waals surface area contributed by atoms with E-state index in [9.17, 15) is 9.90 Å². The SMILES string of the molecule is Cc1cc(Cc2ccc(-c3ccc(C(C)C)cc3)cc2)nc(C(=O)NCC(C)(C)O)c1C. The quantitative estimate of drug-likeness (QED) is 0.514. The van der Waals surface area contributed by atoms with Gasteiger partial charge < -0.3 is 10.4 Å². The van der Waals surface area contributed by atoms with Crippen LogP contribution < -0.4 is 5.32 Å². The van der Waals surface area contributed by atoms with Crippen LogP contribution in [0.4, 0.5) is 0 Å². The number of nitrogens with zero attached hydrogens (tertiary/aromatic N) is 1. The molecule has 0 saturated carbocycles. The summed E-state index contributed by atoms with van der Waals surface area (Å²) in [5, 5.41) is 12.7. The molecule has 0 unspecified atom stereocenters. The summed E-state index contributed by atoms with van der Waals surface area (Å²) in [4.78, 5) is 17.3. The first-order valence-corrected chi connectivity index (χ1v) is 11.2. The molecule has 0 atom stereocenters. The van der Waals surface area contributed by atoms with E-state index >= 15 is 0 Å². The standard InChI is InChI=1S/C28H34N2O2/c1-18(2)22-11-13-24(14-12-22)23-9-7-21(8-10-23)16-25-15-19(3)20(4)26(30-25)27(31)29-17-28(5,6)32/h7-15,18,32H,16-17H2,1-6H3,(H,29,31). The predicted molar refractivity (Wildman–Crippen MR) is 131 cm³/mol. The molecule has 0 aliphatic carbocycles. The number of hydrogen-bond acceptors (Lipinski definition) is 3. The average Bonchev–Trinajstić information content (AvgIpc) is 2.74. The van der Waals surface area contributed by atoms with E-state index in [2.05, 4.69) is 72.7 Å². The zero-order chi connectivity index (χ0) is 23.5. The summed E-state index contributed by atoms with van der Waals surface area (Å²) in [6.07, 6.45) is 0.652. The van der Waals surface area contributed by atoms with Crippen molar-refractivity contribution in [1.82, 2.24) is 10.3 Å². The zero-order valence-corrected chi connectivity index (χ0v) is 20.0. The summed E-state index contributed by atoms with van der Waals surface area (Å²) in [7, 11) is 0. The van der Waals surface area contributed by atoms with E-state index in [1.165, 1.54) is 16.7 Å². The van der Waals surface area contributed by atoms with Crippen molar-refractivity contribution in [2.24, 2.45) is 0 Å². The van der Waals surface area contributed by atoms with Crippen LogP contribution in [0.5, 0.6) is 0 Å². The van der Waals surface area contributed by atoms with Gasteiger partial charge in [0.15, 0.2) is 0 Å². The van der Waals surface area contributed by atoms with Crippen LogP contribution in [0.2, 0.25) is 0 Å². The first-order chi connectivity index (χ1) is 15.0. The van der Waals surface area contributed by atoms with Crippen molar-refractivity contribution in [2.45, 2.75) is 59.5 Å². The van der Waals surface area contributed by atoms with E-state index in [4.69, 9.17) is 0 Å². The minimum absolute atomic E-state index is 0.176. The van der Waals surface area contributed by atoms with Crippen LogP contribution in [0.15, 0.2) is 54.6 Å². The van der Waals surface area contributed by atoms with Gasteiger partial charge in [0.05, 0.1) is 5.60 Å². The lowest BCUT2D eigenvalue weighted by atomic mass is 9.97. The van der Waals surface area contributed by atoms with Crippen molar-refractivity contribution in [2.75, 3.05) is 6.54 Å². The Morgan fingerprint density at radius 3 is 2.09 bits per heavy atom. The van der Waals surface area contributed by atoms with Gasteiger partial charge in [-0.2, -0.15) is 0 Å². The second-order valence-electron chi connectivity index (χ2n) is 9.55. The summed E-state index contributed by atoms with van der Waals surface area (Å²) in [5.41, 5.74) is 7.08. The Kier molecular flexibility index (Phi) is 7.15. The van der Waals surface area contributed by atoms with Crippen molar-refractivity contribution in [3.63, 3.8) is 0 Å². The second kappa shape index (κ2) is 9.66. The second-order valence-corrected chi connectivity index (χ2v) is 9.55. The van der Waals surface area contributed by atoms with Gasteiger partial charge in [-0.3, -0.25) is 4.79 Å². The number of amides is 1. The molecule has 1 aromatic heterocycles. The lowest BCUT2D eigenvalue weighted by Crippen LogP contribution is -2.38. The van der Waals surface area contributed by atoms with Crippen molar-refractivity contribution in [1.29, 1.82) is 0 Å². The average molecular weight is 431 g/mol. The number of pyridine rings is 1. The third-order valence-electron chi connectivity index (χ3n) is 5.73. The molecule has 2 aromatic carbocycles. The molecule has 0 radical (unpaired) electrons. The van der Waals surface area contributed by atoms with Crippen LogP contribution in [-0.4, -0.2) is 28.1 Å². The monoisotopic (exact) mass is 430 g/mol. The van der Waals surface area contributed by atoms with Crippen LogP contribution in [0.3, 0.4) is 0 Å². The molecule has 32 heavy (non-hydrogen) atoms. The van der Waals surface area contributed by atoms with Crippen LogP contribution >= 0.6 is 0 Å². The number of carbonyl (C=O) groups is 1. The lowest BCUT2D eigenvalue weighted by Gasteiger charge is -2.18. The molecule has 2 N–H and O–H groups in total. The molecule has 0 spiro atoms. The molecular weight excluding hydrogens is 396 g/mol. The number of nitrogens with one attached hydrogen (secondary N) is 1. The van der Waals surface area contributed by atoms with E-state index in [1.807, 2.05) is 19.9 Å². The highest BCUT2D eigenvalue weighted by Crippen LogP contribution is 2.24. The maximum atomic E-state index is 12.7. The zero-order valence-electron chi connectivity index (χ0n) is 20.0. The predicted octanol–water partition coefficient (Wildman–Crippen LogP) is 5.58. The number of aliphatic hydroxyl groups is 1. The third-order valence-corrected chi connectivity index (χ3v) is 5.73. The smallest absolute Gasteiger partial charge is 0.270 e. The fraction of sp³-hybridized carbons (Fsp3) is 0.357. The third kappa shape index (κ3) is 6.04. The van der Waals surface area contributed by atoms with E-state index < -0.39 is 5.60 Å². The highest BCUT2D eigenvalue weighted by molar-refractivity contribution is 5.94. The van der Waals surface area contributed by atoms with Gasteiger partial charge in [0.1, 0.15) is 5.69 Å². The van der Waals surface area contributed by atoms with Crippen molar-refractivity contribution in [3.8, 4) is 11.1 Å². The number of carbonyl (C=O) groups excluding carboxylic acids is 1. The molecule has 4 nitrogen and oxygen atoms in total. The van der Waals surface area contributed by atoms with Gasteiger partial charge >= 0.3 is 0 Å². The van der Waals surface area contributed by atoms with Crippen molar-refractivity contribution < 1.29 is 9.90 Å². The molecular formula is C28H34N2O2.